The molecule has 1 N–H and O–H groups in total. The van der Waals surface area contributed by atoms with Crippen molar-refractivity contribution in [2.75, 3.05) is 42.5 Å². The maximum atomic E-state index is 14.9. The zero-order valence-electron chi connectivity index (χ0n) is 27.2. The van der Waals surface area contributed by atoms with Crippen LogP contribution in [0.4, 0.5) is 47.0 Å². The van der Waals surface area contributed by atoms with Gasteiger partial charge in [-0.3, -0.25) is 0 Å². The molecule has 0 aliphatic carbocycles. The van der Waals surface area contributed by atoms with Gasteiger partial charge < -0.3 is 15.1 Å². The maximum absolute atomic E-state index is 14.9. The predicted octanol–water partition coefficient (Wildman–Crippen LogP) is 7.22. The van der Waals surface area contributed by atoms with E-state index in [9.17, 15) is 43.9 Å². The first kappa shape index (κ1) is 36.1. The van der Waals surface area contributed by atoms with Gasteiger partial charge in [0.25, 0.3) is 0 Å². The van der Waals surface area contributed by atoms with E-state index >= 15 is 0 Å². The highest BCUT2D eigenvalue weighted by atomic mass is 32.2. The number of sulfonamides is 1. The fraction of sp³-hybridized carbons (Fsp3) is 0.314. The molecule has 3 heterocycles. The molecule has 8 nitrogen and oxygen atoms in total. The Morgan fingerprint density at radius 3 is 2.14 bits per heavy atom. The largest absolute Gasteiger partial charge is 0.432 e. The standard InChI is InChI=1S/C35H32F7N5O3S/c1-23-20-34(38,39)22-47(23,51(49,50)28-12-10-27(36)11-13-28)33(48)43-21-24-18-30(25-6-8-26(9-7-25)35(40,41)42)44-32(19-24)46-16-14-45(15-17-46)31-5-3-2-4-29(31)37/h2-13,18-19,23H,14-17,20-22H2,1H3/p+1/t23-,47?/m1/s1. The first-order valence-electron chi connectivity index (χ1n) is 16.0. The molecule has 2 saturated heterocycles. The van der Waals surface area contributed by atoms with Crippen molar-refractivity contribution in [3.8, 4) is 11.3 Å². The Bertz CT molecular complexity index is 2020. The number of halogens is 7. The molecule has 270 valence electrons. The van der Waals surface area contributed by atoms with Crippen molar-refractivity contribution in [1.29, 1.82) is 0 Å². The minimum Gasteiger partial charge on any atom is -0.366 e. The van der Waals surface area contributed by atoms with E-state index in [1.54, 1.807) is 24.3 Å². The number of anilines is 2. The summed E-state index contributed by atoms with van der Waals surface area (Å²) in [5.41, 5.74) is 0.479. The van der Waals surface area contributed by atoms with E-state index in [4.69, 9.17) is 0 Å². The van der Waals surface area contributed by atoms with E-state index in [1.165, 1.54) is 31.2 Å². The zero-order valence-corrected chi connectivity index (χ0v) is 28.0. The number of benzene rings is 3. The quantitative estimate of drug-likeness (QED) is 0.160. The molecule has 16 heteroatoms. The topological polar surface area (TPSA) is 82.6 Å². The Labute approximate surface area is 289 Å². The van der Waals surface area contributed by atoms with Crippen molar-refractivity contribution in [2.45, 2.75) is 42.9 Å². The molecule has 1 unspecified atom stereocenters. The number of quaternary nitrogens is 1. The lowest BCUT2D eigenvalue weighted by Gasteiger charge is -2.37. The van der Waals surface area contributed by atoms with Crippen molar-refractivity contribution in [1.82, 2.24) is 10.3 Å². The van der Waals surface area contributed by atoms with Crippen LogP contribution in [-0.4, -0.2) is 68.0 Å². The summed E-state index contributed by atoms with van der Waals surface area (Å²) < 4.78 is 124. The number of piperazine rings is 1. The number of hydrogen-bond donors (Lipinski definition) is 1. The van der Waals surface area contributed by atoms with Crippen molar-refractivity contribution in [3.05, 3.63) is 108 Å². The molecule has 2 aliphatic rings. The number of carbonyl (C=O) groups excluding carboxylic acids is 1. The number of likely N-dealkylation sites (tertiary alicyclic amines) is 1. The Hall–Kier alpha value is -4.70. The number of nitrogens with one attached hydrogen (secondary N) is 1. The van der Waals surface area contributed by atoms with E-state index in [-0.39, 0.29) is 18.1 Å². The van der Waals surface area contributed by atoms with E-state index < -0.39 is 67.3 Å². The summed E-state index contributed by atoms with van der Waals surface area (Å²) in [6.45, 7) is 1.12. The number of alkyl halides is 5. The van der Waals surface area contributed by atoms with Gasteiger partial charge >= 0.3 is 28.2 Å². The molecule has 2 atom stereocenters. The van der Waals surface area contributed by atoms with E-state index in [0.717, 1.165) is 36.4 Å². The molecular weight excluding hydrogens is 703 g/mol. The first-order valence-corrected chi connectivity index (χ1v) is 17.4. The maximum Gasteiger partial charge on any atom is 0.432 e. The highest BCUT2D eigenvalue weighted by Gasteiger charge is 2.66. The number of amides is 2. The van der Waals surface area contributed by atoms with Crippen molar-refractivity contribution >= 4 is 27.6 Å². The molecule has 2 fully saturated rings. The van der Waals surface area contributed by atoms with Crippen LogP contribution >= 0.6 is 0 Å². The molecule has 3 aromatic carbocycles. The molecule has 1 aromatic heterocycles. The lowest BCUT2D eigenvalue weighted by atomic mass is 10.1. The Morgan fingerprint density at radius 1 is 0.922 bits per heavy atom. The van der Waals surface area contributed by atoms with Gasteiger partial charge in [0.15, 0.2) is 6.54 Å². The molecule has 0 spiro atoms. The minimum atomic E-state index is -4.83. The molecule has 2 amide bonds. The van der Waals surface area contributed by atoms with Crippen LogP contribution < -0.4 is 15.1 Å². The summed E-state index contributed by atoms with van der Waals surface area (Å²) in [4.78, 5) is 21.8. The molecule has 0 radical (unpaired) electrons. The molecule has 0 bridgehead atoms. The van der Waals surface area contributed by atoms with Gasteiger partial charge in [-0.25, -0.2) is 27.3 Å². The third-order valence-corrected chi connectivity index (χ3v) is 11.7. The second kappa shape index (κ2) is 13.5. The molecule has 0 saturated carbocycles. The van der Waals surface area contributed by atoms with Crippen LogP contribution in [0.25, 0.3) is 11.3 Å². The number of carbonyl (C=O) groups is 1. The summed E-state index contributed by atoms with van der Waals surface area (Å²) in [6, 6.07) is 14.7. The molecule has 2 aliphatic heterocycles. The van der Waals surface area contributed by atoms with Gasteiger partial charge in [0.1, 0.15) is 28.4 Å². The lowest BCUT2D eigenvalue weighted by molar-refractivity contribution is -0.738. The molecule has 4 aromatic rings. The molecular formula is C35H33F7N5O3S+. The number of rotatable bonds is 7. The fourth-order valence-electron chi connectivity index (χ4n) is 6.65. The number of para-hydroxylation sites is 1. The van der Waals surface area contributed by atoms with Crippen LogP contribution in [0.5, 0.6) is 0 Å². The summed E-state index contributed by atoms with van der Waals surface area (Å²) in [5, 5.41) is 2.51. The van der Waals surface area contributed by atoms with Crippen molar-refractivity contribution in [2.24, 2.45) is 0 Å². The third kappa shape index (κ3) is 7.11. The number of hydrogen-bond acceptors (Lipinski definition) is 6. The van der Waals surface area contributed by atoms with Gasteiger partial charge in [0, 0.05) is 38.3 Å². The monoisotopic (exact) mass is 736 g/mol. The minimum absolute atomic E-state index is 0.242. The second-order valence-corrected chi connectivity index (χ2v) is 14.7. The van der Waals surface area contributed by atoms with E-state index in [2.05, 4.69) is 10.3 Å². The molecule has 51 heavy (non-hydrogen) atoms. The number of aromatic nitrogens is 1. The highest BCUT2D eigenvalue weighted by molar-refractivity contribution is 7.86. The SMILES string of the molecule is C[C@@H]1CC(F)(F)C[N+]1(C(=O)NCc1cc(-c2ccc(C(F)(F)F)cc2)nc(N2CCN(c3ccccc3F)CC2)c1)S(=O)(=O)c1ccc(F)cc1. The third-order valence-electron chi connectivity index (χ3n) is 9.28. The fourth-order valence-corrected chi connectivity index (χ4v) is 8.70. The van der Waals surface area contributed by atoms with Gasteiger partial charge in [-0.05, 0) is 73.2 Å². The van der Waals surface area contributed by atoms with Crippen LogP contribution in [0, 0.1) is 11.6 Å². The first-order chi connectivity index (χ1) is 24.0. The number of urea groups is 1. The normalized spacial score (nSPS) is 20.7. The second-order valence-electron chi connectivity index (χ2n) is 12.7. The van der Waals surface area contributed by atoms with Gasteiger partial charge in [0.05, 0.1) is 23.4 Å². The average Bonchev–Trinajstić information content (AvgIpc) is 3.36. The van der Waals surface area contributed by atoms with Gasteiger partial charge in [0.2, 0.25) is 0 Å². The predicted molar refractivity (Wildman–Crippen MR) is 175 cm³/mol. The van der Waals surface area contributed by atoms with Crippen LogP contribution in [0.1, 0.15) is 24.5 Å². The summed E-state index contributed by atoms with van der Waals surface area (Å²) in [7, 11) is -4.83. The Morgan fingerprint density at radius 2 is 1.55 bits per heavy atom. The summed E-state index contributed by atoms with van der Waals surface area (Å²) in [5.74, 6) is -4.25. The van der Waals surface area contributed by atoms with Crippen LogP contribution in [-0.2, 0) is 22.7 Å². The van der Waals surface area contributed by atoms with Crippen LogP contribution in [0.15, 0.2) is 89.8 Å². The van der Waals surface area contributed by atoms with Crippen LogP contribution in [0.3, 0.4) is 0 Å². The number of nitrogens with zero attached hydrogens (tertiary/aromatic N) is 4. The van der Waals surface area contributed by atoms with E-state index in [0.29, 0.717) is 48.8 Å². The highest BCUT2D eigenvalue weighted by Crippen LogP contribution is 2.43. The molecule has 6 rings (SSSR count). The lowest BCUT2D eigenvalue weighted by Crippen LogP contribution is -2.62. The smallest absolute Gasteiger partial charge is 0.366 e. The summed E-state index contributed by atoms with van der Waals surface area (Å²) >= 11 is 0. The number of pyridine rings is 1. The Balaban J connectivity index is 1.32. The average molecular weight is 737 g/mol. The van der Waals surface area contributed by atoms with Gasteiger partial charge in [-0.1, -0.05) is 24.3 Å². The van der Waals surface area contributed by atoms with Crippen molar-refractivity contribution in [3.63, 3.8) is 0 Å². The van der Waals surface area contributed by atoms with Crippen molar-refractivity contribution < 1.29 is 47.8 Å². The van der Waals surface area contributed by atoms with Gasteiger partial charge in [-0.2, -0.15) is 21.6 Å². The summed E-state index contributed by atoms with van der Waals surface area (Å²) in [6.07, 6.45) is -5.46. The Kier molecular flexibility index (Phi) is 9.52. The van der Waals surface area contributed by atoms with Crippen LogP contribution in [0.2, 0.25) is 0 Å². The zero-order chi connectivity index (χ0) is 36.8. The van der Waals surface area contributed by atoms with E-state index in [1.807, 2.05) is 9.80 Å². The van der Waals surface area contributed by atoms with Gasteiger partial charge in [-0.15, -0.1) is 3.89 Å².